The molecular weight excluding hydrogens is 218 g/mol. The molecule has 16 heavy (non-hydrogen) atoms. The highest BCUT2D eigenvalue weighted by atomic mass is 35.5. The Kier molecular flexibility index (Phi) is 2.91. The molecule has 3 rings (SSSR count). The molecule has 1 heterocycles. The Morgan fingerprint density at radius 2 is 2.00 bits per heavy atom. The van der Waals surface area contributed by atoms with E-state index in [2.05, 4.69) is 35.2 Å². The average molecular weight is 236 g/mol. The van der Waals surface area contributed by atoms with E-state index in [1.54, 1.807) is 0 Å². The molecule has 2 bridgehead atoms. The second-order valence-electron chi connectivity index (χ2n) is 5.14. The molecule has 0 N–H and O–H groups in total. The van der Waals surface area contributed by atoms with Gasteiger partial charge in [-0.05, 0) is 30.2 Å². The van der Waals surface area contributed by atoms with Gasteiger partial charge in [0.2, 0.25) is 0 Å². The molecule has 1 aliphatic heterocycles. The zero-order chi connectivity index (χ0) is 11.0. The molecule has 0 radical (unpaired) electrons. The van der Waals surface area contributed by atoms with E-state index in [0.29, 0.717) is 0 Å². The van der Waals surface area contributed by atoms with Gasteiger partial charge in [-0.25, -0.2) is 0 Å². The van der Waals surface area contributed by atoms with E-state index >= 15 is 0 Å². The lowest BCUT2D eigenvalue weighted by molar-refractivity contribution is 0.199. The normalized spacial score (nSPS) is 33.4. The van der Waals surface area contributed by atoms with Crippen LogP contribution >= 0.6 is 11.6 Å². The first kappa shape index (κ1) is 10.6. The average Bonchev–Trinajstić information content (AvgIpc) is 2.86. The van der Waals surface area contributed by atoms with E-state index < -0.39 is 0 Å². The maximum absolute atomic E-state index is 6.08. The van der Waals surface area contributed by atoms with Crippen LogP contribution in [0.5, 0.6) is 0 Å². The number of hydrogen-bond donors (Lipinski definition) is 0. The maximum atomic E-state index is 6.08. The van der Waals surface area contributed by atoms with Crippen molar-refractivity contribution in [2.45, 2.75) is 25.4 Å². The van der Waals surface area contributed by atoms with Gasteiger partial charge in [-0.1, -0.05) is 30.3 Å². The zero-order valence-electron chi connectivity index (χ0n) is 9.48. The molecule has 2 heteroatoms. The number of piperidine rings is 1. The number of nitrogens with zero attached hydrogens (tertiary/aromatic N) is 1. The summed E-state index contributed by atoms with van der Waals surface area (Å²) in [5, 5.41) is 0. The highest BCUT2D eigenvalue weighted by Crippen LogP contribution is 2.43. The SMILES string of the molecule is ClCC1C2CCC1N(Cc1ccccc1)C2. The maximum Gasteiger partial charge on any atom is 0.0269 e. The van der Waals surface area contributed by atoms with Gasteiger partial charge in [-0.2, -0.15) is 0 Å². The predicted molar refractivity (Wildman–Crippen MR) is 67.6 cm³/mol. The van der Waals surface area contributed by atoms with Gasteiger partial charge in [0.05, 0.1) is 0 Å². The molecule has 0 aromatic heterocycles. The van der Waals surface area contributed by atoms with Gasteiger partial charge >= 0.3 is 0 Å². The molecule has 1 saturated carbocycles. The first-order valence-corrected chi connectivity index (χ1v) is 6.76. The number of fused-ring (bicyclic) bond motifs is 2. The molecular formula is C14H18ClN. The van der Waals surface area contributed by atoms with Crippen LogP contribution in [0.3, 0.4) is 0 Å². The van der Waals surface area contributed by atoms with Crippen molar-refractivity contribution in [2.24, 2.45) is 11.8 Å². The van der Waals surface area contributed by atoms with Crippen LogP contribution in [0.1, 0.15) is 18.4 Å². The van der Waals surface area contributed by atoms with Crippen molar-refractivity contribution in [2.75, 3.05) is 12.4 Å². The smallest absolute Gasteiger partial charge is 0.0269 e. The van der Waals surface area contributed by atoms with Gasteiger partial charge in [0.1, 0.15) is 0 Å². The summed E-state index contributed by atoms with van der Waals surface area (Å²) in [4.78, 5) is 2.64. The molecule has 1 nitrogen and oxygen atoms in total. The number of benzene rings is 1. The van der Waals surface area contributed by atoms with Gasteiger partial charge < -0.3 is 0 Å². The minimum absolute atomic E-state index is 0.753. The second kappa shape index (κ2) is 4.38. The minimum Gasteiger partial charge on any atom is -0.296 e. The third-order valence-corrected chi connectivity index (χ3v) is 4.63. The molecule has 2 aliphatic rings. The molecule has 2 fully saturated rings. The van der Waals surface area contributed by atoms with Crippen molar-refractivity contribution in [3.05, 3.63) is 35.9 Å². The quantitative estimate of drug-likeness (QED) is 0.728. The van der Waals surface area contributed by atoms with Gasteiger partial charge in [0.15, 0.2) is 0 Å². The van der Waals surface area contributed by atoms with Crippen molar-refractivity contribution in [1.29, 1.82) is 0 Å². The van der Waals surface area contributed by atoms with Crippen LogP contribution in [-0.4, -0.2) is 23.4 Å². The van der Waals surface area contributed by atoms with E-state index in [0.717, 1.165) is 30.3 Å². The third kappa shape index (κ3) is 1.76. The van der Waals surface area contributed by atoms with Crippen molar-refractivity contribution < 1.29 is 0 Å². The molecule has 1 saturated heterocycles. The number of halogens is 1. The van der Waals surface area contributed by atoms with Crippen LogP contribution in [0.4, 0.5) is 0 Å². The Hall–Kier alpha value is -0.530. The molecule has 3 atom stereocenters. The summed E-state index contributed by atoms with van der Waals surface area (Å²) < 4.78 is 0. The number of hydrogen-bond acceptors (Lipinski definition) is 1. The Morgan fingerprint density at radius 3 is 2.69 bits per heavy atom. The minimum atomic E-state index is 0.753. The van der Waals surface area contributed by atoms with E-state index in [4.69, 9.17) is 11.6 Å². The molecule has 0 spiro atoms. The summed E-state index contributed by atoms with van der Waals surface area (Å²) in [6.07, 6.45) is 2.75. The van der Waals surface area contributed by atoms with Gasteiger partial charge in [0.25, 0.3) is 0 Å². The highest BCUT2D eigenvalue weighted by Gasteiger charge is 2.45. The van der Waals surface area contributed by atoms with E-state index in [1.165, 1.54) is 24.9 Å². The van der Waals surface area contributed by atoms with Crippen LogP contribution in [-0.2, 0) is 6.54 Å². The summed E-state index contributed by atoms with van der Waals surface area (Å²) in [6, 6.07) is 11.5. The summed E-state index contributed by atoms with van der Waals surface area (Å²) in [5.41, 5.74) is 1.43. The van der Waals surface area contributed by atoms with Crippen LogP contribution in [0.15, 0.2) is 30.3 Å². The Balaban J connectivity index is 1.70. The molecule has 1 aromatic rings. The Bertz CT molecular complexity index is 351. The summed E-state index contributed by atoms with van der Waals surface area (Å²) >= 11 is 6.08. The fraction of sp³-hybridized carbons (Fsp3) is 0.571. The monoisotopic (exact) mass is 235 g/mol. The highest BCUT2D eigenvalue weighted by molar-refractivity contribution is 6.18. The second-order valence-corrected chi connectivity index (χ2v) is 5.45. The van der Waals surface area contributed by atoms with Crippen molar-refractivity contribution in [3.63, 3.8) is 0 Å². The van der Waals surface area contributed by atoms with Crippen molar-refractivity contribution >= 4 is 11.6 Å². The Labute approximate surface area is 102 Å². The number of rotatable bonds is 3. The fourth-order valence-corrected chi connectivity index (χ4v) is 3.93. The summed E-state index contributed by atoms with van der Waals surface area (Å²) in [7, 11) is 0. The van der Waals surface area contributed by atoms with Crippen LogP contribution in [0.2, 0.25) is 0 Å². The van der Waals surface area contributed by atoms with Crippen LogP contribution < -0.4 is 0 Å². The largest absolute Gasteiger partial charge is 0.296 e. The van der Waals surface area contributed by atoms with Crippen molar-refractivity contribution in [3.8, 4) is 0 Å². The zero-order valence-corrected chi connectivity index (χ0v) is 10.2. The molecule has 3 unspecified atom stereocenters. The fourth-order valence-electron chi connectivity index (χ4n) is 3.47. The van der Waals surface area contributed by atoms with Gasteiger partial charge in [0, 0.05) is 25.0 Å². The lowest BCUT2D eigenvalue weighted by atomic mass is 10.0. The topological polar surface area (TPSA) is 3.24 Å². The summed E-state index contributed by atoms with van der Waals surface area (Å²) in [6.45, 7) is 2.37. The summed E-state index contributed by atoms with van der Waals surface area (Å²) in [5.74, 6) is 2.47. The standard InChI is InChI=1S/C14H18ClN/c15-8-13-12-6-7-14(13)16(10-12)9-11-4-2-1-3-5-11/h1-5,12-14H,6-10H2. The lowest BCUT2D eigenvalue weighted by Gasteiger charge is -2.27. The lowest BCUT2D eigenvalue weighted by Crippen LogP contribution is -2.32. The van der Waals surface area contributed by atoms with Gasteiger partial charge in [-0.3, -0.25) is 4.90 Å². The molecule has 86 valence electrons. The van der Waals surface area contributed by atoms with Crippen LogP contribution in [0.25, 0.3) is 0 Å². The predicted octanol–water partition coefficient (Wildman–Crippen LogP) is 3.14. The van der Waals surface area contributed by atoms with Crippen molar-refractivity contribution in [1.82, 2.24) is 4.90 Å². The van der Waals surface area contributed by atoms with E-state index in [-0.39, 0.29) is 0 Å². The molecule has 0 amide bonds. The molecule has 1 aliphatic carbocycles. The third-order valence-electron chi connectivity index (χ3n) is 4.28. The van der Waals surface area contributed by atoms with E-state index in [1.807, 2.05) is 0 Å². The number of likely N-dealkylation sites (tertiary alicyclic amines) is 1. The number of alkyl halides is 1. The Morgan fingerprint density at radius 1 is 1.19 bits per heavy atom. The first-order valence-electron chi connectivity index (χ1n) is 6.22. The van der Waals surface area contributed by atoms with Gasteiger partial charge in [-0.15, -0.1) is 11.6 Å². The molecule has 1 aromatic carbocycles. The first-order chi connectivity index (χ1) is 7.88. The van der Waals surface area contributed by atoms with E-state index in [9.17, 15) is 0 Å². The van der Waals surface area contributed by atoms with Crippen LogP contribution in [0, 0.1) is 11.8 Å².